The molecule has 4 aliphatic heterocycles. The summed E-state index contributed by atoms with van der Waals surface area (Å²) in [6.07, 6.45) is 1.68. The van der Waals surface area contributed by atoms with E-state index >= 15 is 4.79 Å². The fourth-order valence-corrected chi connectivity index (χ4v) is 12.8. The SMILES string of the molecule is COCCOCCOCCN(C(=O)OC(C)(C)C)c1cc(COc2cc3c(cc2OC)C(=O)N2c4ccccc4C[C@H]2C=N3)cc(COc2cc3c(cc2OC)C(=O)N2c4ccccc4CC2CN3C(=O)OCc2ccc(NC(=O)[C@H](CCC(N)=O)NC(=O)C(C#CC(C)C)NC(=O)CCCCC(=O)OC)cc2)c1. The van der Waals surface area contributed by atoms with E-state index in [9.17, 15) is 38.4 Å². The number of para-hydroxylation sites is 2. The highest BCUT2D eigenvalue weighted by atomic mass is 16.6. The van der Waals surface area contributed by atoms with Crippen molar-refractivity contribution in [2.45, 2.75) is 136 Å². The number of rotatable bonds is 33. The molecule has 8 amide bonds. The molecule has 10 rings (SSSR count). The summed E-state index contributed by atoms with van der Waals surface area (Å²) in [6, 6.07) is 29.9. The number of primary amides is 1. The predicted molar refractivity (Wildman–Crippen MR) is 406 cm³/mol. The van der Waals surface area contributed by atoms with Gasteiger partial charge in [0, 0.05) is 79.8 Å². The number of unbranched alkanes of at least 4 members (excludes halogenated alkanes) is 1. The summed E-state index contributed by atoms with van der Waals surface area (Å²) in [6.45, 7) is 9.81. The van der Waals surface area contributed by atoms with E-state index in [0.717, 1.165) is 16.8 Å². The average molecular weight is 1500 g/mol. The van der Waals surface area contributed by atoms with E-state index in [2.05, 4.69) is 32.5 Å². The van der Waals surface area contributed by atoms with E-state index in [0.29, 0.717) is 90.6 Å². The lowest BCUT2D eigenvalue weighted by Crippen LogP contribution is -2.52. The number of aliphatic imine (C=N–C) groups is 1. The molecule has 6 aromatic rings. The monoisotopic (exact) mass is 1500 g/mol. The fourth-order valence-electron chi connectivity index (χ4n) is 12.8. The van der Waals surface area contributed by atoms with Crippen molar-refractivity contribution in [1.82, 2.24) is 10.6 Å². The van der Waals surface area contributed by atoms with Gasteiger partial charge < -0.3 is 74.0 Å². The molecule has 0 radical (unpaired) electrons. The molecule has 0 aromatic heterocycles. The number of hydrogen-bond acceptors (Lipinski definition) is 20. The highest BCUT2D eigenvalue weighted by Gasteiger charge is 2.43. The first-order valence-electron chi connectivity index (χ1n) is 36.1. The van der Waals surface area contributed by atoms with Gasteiger partial charge in [-0.05, 0) is 129 Å². The van der Waals surface area contributed by atoms with Gasteiger partial charge in [0.1, 0.15) is 31.5 Å². The number of nitrogens with two attached hydrogens (primary N) is 1. The molecule has 4 heterocycles. The molecule has 4 aliphatic rings. The summed E-state index contributed by atoms with van der Waals surface area (Å²) in [5.41, 5.74) is 11.3. The number of nitrogens with zero attached hydrogens (tertiary/aromatic N) is 5. The summed E-state index contributed by atoms with van der Waals surface area (Å²) < 4.78 is 58.6. The molecular weight excluding hydrogens is 1400 g/mol. The molecular formula is C81H93N9O19. The Balaban J connectivity index is 0.901. The number of ether oxygens (including phenoxy) is 10. The third-order valence-corrected chi connectivity index (χ3v) is 18.1. The van der Waals surface area contributed by atoms with Crippen molar-refractivity contribution in [2.75, 3.05) is 99.5 Å². The van der Waals surface area contributed by atoms with Crippen molar-refractivity contribution in [3.63, 3.8) is 0 Å². The van der Waals surface area contributed by atoms with Gasteiger partial charge in [0.15, 0.2) is 29.0 Å². The minimum atomic E-state index is -1.36. The Morgan fingerprint density at radius 3 is 1.92 bits per heavy atom. The zero-order valence-corrected chi connectivity index (χ0v) is 62.7. The molecule has 109 heavy (non-hydrogen) atoms. The fraction of sp³-hybridized carbons (Fsp3) is 0.407. The van der Waals surface area contributed by atoms with Crippen molar-refractivity contribution in [2.24, 2.45) is 16.6 Å². The van der Waals surface area contributed by atoms with Crippen LogP contribution in [0.5, 0.6) is 23.0 Å². The van der Waals surface area contributed by atoms with E-state index in [-0.39, 0.29) is 124 Å². The normalized spacial score (nSPS) is 15.0. The van der Waals surface area contributed by atoms with Gasteiger partial charge in [-0.15, -0.1) is 0 Å². The number of esters is 1. The Kier molecular flexibility index (Phi) is 27.4. The maximum Gasteiger partial charge on any atom is 0.414 e. The third-order valence-electron chi connectivity index (χ3n) is 18.1. The molecule has 0 aliphatic carbocycles. The minimum absolute atomic E-state index is 0.00598. The predicted octanol–water partition coefficient (Wildman–Crippen LogP) is 9.86. The quantitative estimate of drug-likeness (QED) is 0.0129. The van der Waals surface area contributed by atoms with Crippen LogP contribution in [-0.2, 0) is 85.1 Å². The molecule has 4 atom stereocenters. The molecule has 576 valence electrons. The second kappa shape index (κ2) is 37.3. The van der Waals surface area contributed by atoms with E-state index < -0.39 is 71.4 Å². The summed E-state index contributed by atoms with van der Waals surface area (Å²) >= 11 is 0. The van der Waals surface area contributed by atoms with Crippen LogP contribution in [-0.4, -0.2) is 164 Å². The third kappa shape index (κ3) is 21.0. The van der Waals surface area contributed by atoms with Crippen LogP contribution < -0.4 is 60.2 Å². The summed E-state index contributed by atoms with van der Waals surface area (Å²) in [7, 11) is 5.77. The van der Waals surface area contributed by atoms with E-state index in [1.165, 1.54) is 37.2 Å². The Hall–Kier alpha value is -11.5. The number of hydrogen-bond donors (Lipinski definition) is 4. The first kappa shape index (κ1) is 80.0. The molecule has 0 bridgehead atoms. The molecule has 2 unspecified atom stereocenters. The molecule has 28 heteroatoms. The van der Waals surface area contributed by atoms with Gasteiger partial charge in [-0.1, -0.05) is 74.2 Å². The zero-order valence-electron chi connectivity index (χ0n) is 62.7. The van der Waals surface area contributed by atoms with E-state index in [4.69, 9.17) is 53.4 Å². The highest BCUT2D eigenvalue weighted by molar-refractivity contribution is 6.16. The Labute approximate surface area is 633 Å². The van der Waals surface area contributed by atoms with Crippen LogP contribution in [0.25, 0.3) is 0 Å². The van der Waals surface area contributed by atoms with Crippen molar-refractivity contribution >= 4 is 93.9 Å². The smallest absolute Gasteiger partial charge is 0.414 e. The first-order chi connectivity index (χ1) is 52.4. The lowest BCUT2D eigenvalue weighted by molar-refractivity contribution is -0.141. The minimum Gasteiger partial charge on any atom is -0.493 e. The van der Waals surface area contributed by atoms with Gasteiger partial charge >= 0.3 is 18.2 Å². The van der Waals surface area contributed by atoms with Crippen LogP contribution in [0.3, 0.4) is 0 Å². The number of carbonyl (C=O) groups is 9. The lowest BCUT2D eigenvalue weighted by atomic mass is 10.1. The number of benzene rings is 6. The largest absolute Gasteiger partial charge is 0.493 e. The summed E-state index contributed by atoms with van der Waals surface area (Å²) in [5, 5.41) is 7.98. The number of methoxy groups -OCH3 is 4. The molecule has 0 saturated carbocycles. The van der Waals surface area contributed by atoms with Crippen molar-refractivity contribution in [1.29, 1.82) is 0 Å². The van der Waals surface area contributed by atoms with E-state index in [1.807, 2.05) is 54.6 Å². The number of amides is 8. The van der Waals surface area contributed by atoms with Crippen LogP contribution in [0.15, 0.2) is 120 Å². The van der Waals surface area contributed by atoms with Gasteiger partial charge in [-0.25, -0.2) is 9.59 Å². The van der Waals surface area contributed by atoms with Gasteiger partial charge in [-0.3, -0.25) is 53.3 Å². The highest BCUT2D eigenvalue weighted by Crippen LogP contribution is 2.45. The standard InChI is InChI=1S/C81H93N9O19/c1-50(2)22-27-62(85-73(92)20-14-15-21-74(93)103-9)76(95)86-63(28-29-72(82)91)75(94)84-56-25-23-51(24-26-56)47-108-79(98)88-46-59-40-55-17-11-13-19-66(55)90(59)78(97)61-42-69(102-8)71(44-67(61)88)107-49-53-36-52(37-57(38-53)87(80(99)109-81(3,4)5)30-31-104-34-35-105-33-32-100-6)48-106-70-43-64-60(41-68(70)101-7)77(96)89-58(45-83-64)39-54-16-10-12-18-65(54)89/h10-13,16-19,23-26,36-38,41-45,50,58-59,62-63H,14-15,20-21,28-35,39-40,46-49H2,1-9H3,(H2,82,91)(H,84,94)(H,85,92)(H,86,95)/t58-,59?,62?,63-/m0/s1. The van der Waals surface area contributed by atoms with Crippen LogP contribution in [0.1, 0.15) is 122 Å². The van der Waals surface area contributed by atoms with Crippen molar-refractivity contribution in [3.05, 3.63) is 154 Å². The van der Waals surface area contributed by atoms with Gasteiger partial charge in [0.2, 0.25) is 17.7 Å². The van der Waals surface area contributed by atoms with Gasteiger partial charge in [-0.2, -0.15) is 0 Å². The zero-order chi connectivity index (χ0) is 77.9. The van der Waals surface area contributed by atoms with Crippen molar-refractivity contribution < 1.29 is 90.5 Å². The Morgan fingerprint density at radius 2 is 1.27 bits per heavy atom. The number of anilines is 5. The summed E-state index contributed by atoms with van der Waals surface area (Å²) in [4.78, 5) is 134. The number of nitrogens with one attached hydrogen (secondary N) is 3. The molecule has 0 fully saturated rings. The second-order valence-corrected chi connectivity index (χ2v) is 27.6. The second-order valence-electron chi connectivity index (χ2n) is 27.6. The molecule has 0 spiro atoms. The van der Waals surface area contributed by atoms with Crippen LogP contribution in [0.2, 0.25) is 0 Å². The molecule has 5 N–H and O–H groups in total. The van der Waals surface area contributed by atoms with E-state index in [1.54, 1.807) is 112 Å². The van der Waals surface area contributed by atoms with Gasteiger partial charge in [0.05, 0.1) is 102 Å². The van der Waals surface area contributed by atoms with Crippen LogP contribution >= 0.6 is 0 Å². The Bertz CT molecular complexity index is 4430. The van der Waals surface area contributed by atoms with Gasteiger partial charge in [0.25, 0.3) is 17.7 Å². The lowest BCUT2D eigenvalue weighted by Gasteiger charge is -2.28. The van der Waals surface area contributed by atoms with Crippen LogP contribution in [0, 0.1) is 17.8 Å². The Morgan fingerprint density at radius 1 is 0.642 bits per heavy atom. The maximum atomic E-state index is 15.1. The molecule has 0 saturated heterocycles. The number of carbonyl (C=O) groups excluding carboxylic acids is 9. The average Bonchev–Trinajstić information content (AvgIpc) is 1.62. The summed E-state index contributed by atoms with van der Waals surface area (Å²) in [5.74, 6) is 2.55. The molecule has 6 aromatic carbocycles. The molecule has 28 nitrogen and oxygen atoms in total. The number of fused-ring (bicyclic) bond motifs is 8. The first-order valence-corrected chi connectivity index (χ1v) is 36.1. The van der Waals surface area contributed by atoms with Crippen LogP contribution in [0.4, 0.5) is 43.7 Å². The maximum absolute atomic E-state index is 15.1. The van der Waals surface area contributed by atoms with Crippen molar-refractivity contribution in [3.8, 4) is 34.8 Å². The topological polar surface area (TPSA) is 333 Å².